The van der Waals surface area contributed by atoms with E-state index in [9.17, 15) is 13.2 Å². The van der Waals surface area contributed by atoms with Crippen molar-refractivity contribution >= 4 is 28.9 Å². The number of hydrogen-bond donors (Lipinski definition) is 0. The van der Waals surface area contributed by atoms with Crippen LogP contribution in [-0.2, 0) is 5.41 Å². The molecule has 1 aliphatic heterocycles. The molecule has 2 aromatic rings. The molecule has 2 aromatic carbocycles. The summed E-state index contributed by atoms with van der Waals surface area (Å²) in [5.41, 5.74) is -0.229. The summed E-state index contributed by atoms with van der Waals surface area (Å²) in [4.78, 5) is 1.72. The van der Waals surface area contributed by atoms with Crippen molar-refractivity contribution < 1.29 is 13.2 Å². The third-order valence-electron chi connectivity index (χ3n) is 5.04. The summed E-state index contributed by atoms with van der Waals surface area (Å²) in [5.74, 6) is -0.627. The summed E-state index contributed by atoms with van der Waals surface area (Å²) in [6.07, 6.45) is -4.39. The van der Waals surface area contributed by atoms with Crippen LogP contribution in [0.1, 0.15) is 17.0 Å². The smallest absolute Gasteiger partial charge is 0.369 e. The first kappa shape index (κ1) is 15.2. The second kappa shape index (κ2) is 4.58. The van der Waals surface area contributed by atoms with Gasteiger partial charge >= 0.3 is 6.18 Å². The molecule has 0 amide bonds. The molecule has 0 saturated heterocycles. The summed E-state index contributed by atoms with van der Waals surface area (Å²) in [6.45, 7) is 0. The number of fused-ring (bicyclic) bond motifs is 3. The van der Waals surface area contributed by atoms with Crippen LogP contribution in [-0.4, -0.2) is 19.3 Å². The Morgan fingerprint density at radius 3 is 2.26 bits per heavy atom. The second-order valence-electron chi connectivity index (χ2n) is 6.12. The molecular weight excluding hydrogens is 346 g/mol. The van der Waals surface area contributed by atoms with Gasteiger partial charge in [0.05, 0.1) is 6.04 Å². The normalized spacial score (nSPS) is 28.5. The first-order valence-electron chi connectivity index (χ1n) is 7.13. The molecule has 0 unspecified atom stereocenters. The lowest BCUT2D eigenvalue weighted by Crippen LogP contribution is -2.39. The molecule has 2 aliphatic rings. The molecule has 1 heterocycles. The lowest BCUT2D eigenvalue weighted by molar-refractivity contribution is -0.163. The van der Waals surface area contributed by atoms with E-state index in [1.807, 2.05) is 12.1 Å². The van der Waals surface area contributed by atoms with Crippen molar-refractivity contribution in [2.24, 2.45) is 0 Å². The SMILES string of the molecule is CN1c2ccccc2[C@H]2[C@@H]1[C@]2(c1cc(Cl)cc(Cl)c1)C(F)(F)F. The number of likely N-dealkylation sites (N-methyl/N-ethyl adjacent to an activating group) is 1. The summed E-state index contributed by atoms with van der Waals surface area (Å²) >= 11 is 11.9. The Balaban J connectivity index is 1.94. The van der Waals surface area contributed by atoms with Gasteiger partial charge in [0, 0.05) is 28.7 Å². The van der Waals surface area contributed by atoms with Crippen molar-refractivity contribution in [3.05, 3.63) is 63.6 Å². The third kappa shape index (κ3) is 1.82. The Bertz CT molecular complexity index is 784. The molecule has 0 aromatic heterocycles. The Labute approximate surface area is 141 Å². The van der Waals surface area contributed by atoms with Gasteiger partial charge in [0.25, 0.3) is 0 Å². The highest BCUT2D eigenvalue weighted by Crippen LogP contribution is 2.74. The van der Waals surface area contributed by atoms with E-state index in [-0.39, 0.29) is 15.6 Å². The quantitative estimate of drug-likeness (QED) is 0.659. The molecule has 0 spiro atoms. The fraction of sp³-hybridized carbons (Fsp3) is 0.294. The minimum Gasteiger partial charge on any atom is -0.369 e. The van der Waals surface area contributed by atoms with Gasteiger partial charge < -0.3 is 4.90 Å². The topological polar surface area (TPSA) is 3.24 Å². The fourth-order valence-electron chi connectivity index (χ4n) is 4.19. The molecule has 1 nitrogen and oxygen atoms in total. The zero-order valence-corrected chi connectivity index (χ0v) is 13.5. The van der Waals surface area contributed by atoms with E-state index in [0.29, 0.717) is 0 Å². The average molecular weight is 358 g/mol. The largest absolute Gasteiger partial charge is 0.401 e. The van der Waals surface area contributed by atoms with Gasteiger partial charge in [-0.2, -0.15) is 13.2 Å². The van der Waals surface area contributed by atoms with Crippen molar-refractivity contribution in [2.75, 3.05) is 11.9 Å². The molecule has 0 bridgehead atoms. The van der Waals surface area contributed by atoms with Gasteiger partial charge in [-0.3, -0.25) is 0 Å². The Kier molecular flexibility index (Phi) is 3.02. The molecule has 4 rings (SSSR count). The lowest BCUT2D eigenvalue weighted by atomic mass is 9.88. The molecule has 1 fully saturated rings. The molecule has 0 N–H and O–H groups in total. The second-order valence-corrected chi connectivity index (χ2v) is 6.99. The number of halogens is 5. The predicted octanol–water partition coefficient (Wildman–Crippen LogP) is 5.41. The number of rotatable bonds is 1. The van der Waals surface area contributed by atoms with E-state index in [2.05, 4.69) is 0 Å². The van der Waals surface area contributed by atoms with Gasteiger partial charge in [0.2, 0.25) is 0 Å². The van der Waals surface area contributed by atoms with Crippen LogP contribution in [0.2, 0.25) is 10.0 Å². The van der Waals surface area contributed by atoms with Crippen LogP contribution in [0.5, 0.6) is 0 Å². The Morgan fingerprint density at radius 1 is 1.04 bits per heavy atom. The van der Waals surface area contributed by atoms with Crippen LogP contribution >= 0.6 is 23.2 Å². The van der Waals surface area contributed by atoms with Crippen molar-refractivity contribution in [1.82, 2.24) is 0 Å². The third-order valence-corrected chi connectivity index (χ3v) is 5.48. The number of anilines is 1. The van der Waals surface area contributed by atoms with Crippen LogP contribution in [0.4, 0.5) is 18.9 Å². The number of alkyl halides is 3. The zero-order chi connectivity index (χ0) is 16.6. The zero-order valence-electron chi connectivity index (χ0n) is 12.0. The highest BCUT2D eigenvalue weighted by molar-refractivity contribution is 6.34. The van der Waals surface area contributed by atoms with E-state index >= 15 is 0 Å². The molecule has 1 saturated carbocycles. The summed E-state index contributed by atoms with van der Waals surface area (Å²) in [6, 6.07) is 10.8. The van der Waals surface area contributed by atoms with E-state index in [4.69, 9.17) is 23.2 Å². The van der Waals surface area contributed by atoms with Crippen LogP contribution in [0.25, 0.3) is 0 Å². The lowest BCUT2D eigenvalue weighted by Gasteiger charge is -2.30. The molecule has 0 radical (unpaired) electrons. The van der Waals surface area contributed by atoms with Gasteiger partial charge in [-0.25, -0.2) is 0 Å². The highest BCUT2D eigenvalue weighted by Gasteiger charge is 2.82. The fourth-order valence-corrected chi connectivity index (χ4v) is 4.71. The maximum absolute atomic E-state index is 14.1. The van der Waals surface area contributed by atoms with Crippen molar-refractivity contribution in [3.8, 4) is 0 Å². The number of nitrogens with zero attached hydrogens (tertiary/aromatic N) is 1. The molecule has 120 valence electrons. The highest BCUT2D eigenvalue weighted by atomic mass is 35.5. The van der Waals surface area contributed by atoms with Crippen LogP contribution in [0.3, 0.4) is 0 Å². The molecular formula is C17H12Cl2F3N. The minimum atomic E-state index is -4.39. The standard InChI is InChI=1S/C17H12Cl2F3N/c1-23-13-5-3-2-4-12(13)14-15(23)16(14,17(20,21)22)9-6-10(18)8-11(19)7-9/h2-8,14-15H,1H3/t14-,15+,16+/m0/s1. The first-order valence-corrected chi connectivity index (χ1v) is 7.89. The molecule has 1 aliphatic carbocycles. The van der Waals surface area contributed by atoms with Crippen LogP contribution in [0.15, 0.2) is 42.5 Å². The Hall–Kier alpha value is -1.39. The molecule has 6 heteroatoms. The van der Waals surface area contributed by atoms with Crippen LogP contribution in [0, 0.1) is 0 Å². The van der Waals surface area contributed by atoms with Gasteiger partial charge in [0.15, 0.2) is 0 Å². The van der Waals surface area contributed by atoms with E-state index in [1.54, 1.807) is 24.1 Å². The average Bonchev–Trinajstić information content (AvgIpc) is 3.08. The van der Waals surface area contributed by atoms with Gasteiger partial charge in [-0.15, -0.1) is 0 Å². The van der Waals surface area contributed by atoms with Gasteiger partial charge in [0.1, 0.15) is 5.41 Å². The minimum absolute atomic E-state index is 0.138. The number of benzene rings is 2. The van der Waals surface area contributed by atoms with E-state index < -0.39 is 23.6 Å². The summed E-state index contributed by atoms with van der Waals surface area (Å²) in [7, 11) is 1.71. The predicted molar refractivity (Wildman–Crippen MR) is 85.6 cm³/mol. The maximum atomic E-state index is 14.1. The number of para-hydroxylation sites is 1. The van der Waals surface area contributed by atoms with Gasteiger partial charge in [-0.1, -0.05) is 41.4 Å². The van der Waals surface area contributed by atoms with E-state index in [0.717, 1.165) is 11.3 Å². The molecule has 23 heavy (non-hydrogen) atoms. The van der Waals surface area contributed by atoms with Gasteiger partial charge in [-0.05, 0) is 35.4 Å². The van der Waals surface area contributed by atoms with Crippen molar-refractivity contribution in [1.29, 1.82) is 0 Å². The molecule has 3 atom stereocenters. The summed E-state index contributed by atoms with van der Waals surface area (Å²) < 4.78 is 42.4. The van der Waals surface area contributed by atoms with Crippen molar-refractivity contribution in [3.63, 3.8) is 0 Å². The maximum Gasteiger partial charge on any atom is 0.401 e. The van der Waals surface area contributed by atoms with Crippen LogP contribution < -0.4 is 4.90 Å². The Morgan fingerprint density at radius 2 is 1.65 bits per heavy atom. The first-order chi connectivity index (χ1) is 10.8. The van der Waals surface area contributed by atoms with E-state index in [1.165, 1.54) is 18.2 Å². The van der Waals surface area contributed by atoms with Crippen molar-refractivity contribution in [2.45, 2.75) is 23.6 Å². The monoisotopic (exact) mass is 357 g/mol. The number of hydrogen-bond acceptors (Lipinski definition) is 1. The summed E-state index contributed by atoms with van der Waals surface area (Å²) in [5, 5.41) is 0.439.